The van der Waals surface area contributed by atoms with Crippen LogP contribution in [0.25, 0.3) is 0 Å². The van der Waals surface area contributed by atoms with Crippen LogP contribution in [0, 0.1) is 0 Å². The van der Waals surface area contributed by atoms with Crippen molar-refractivity contribution in [1.29, 1.82) is 0 Å². The minimum atomic E-state index is -3.27. The lowest BCUT2D eigenvalue weighted by Gasteiger charge is -2.25. The minimum Gasteiger partial charge on any atom is -0.307 e. The van der Waals surface area contributed by atoms with E-state index in [4.69, 9.17) is 0 Å². The molecule has 1 rings (SSSR count). The molecule has 5 nitrogen and oxygen atoms in total. The van der Waals surface area contributed by atoms with Crippen molar-refractivity contribution < 1.29 is 8.42 Å². The summed E-state index contributed by atoms with van der Waals surface area (Å²) in [6.45, 7) is 0.266. The van der Waals surface area contributed by atoms with E-state index in [0.717, 1.165) is 19.3 Å². The van der Waals surface area contributed by atoms with E-state index < -0.39 is 10.2 Å². The molecule has 0 aromatic carbocycles. The van der Waals surface area contributed by atoms with Crippen molar-refractivity contribution in [1.82, 2.24) is 14.8 Å². The van der Waals surface area contributed by atoms with Gasteiger partial charge >= 0.3 is 0 Å². The summed E-state index contributed by atoms with van der Waals surface area (Å²) in [5.41, 5.74) is 0. The van der Waals surface area contributed by atoms with Crippen molar-refractivity contribution in [3.63, 3.8) is 0 Å². The smallest absolute Gasteiger partial charge is 0.278 e. The first-order valence-electron chi connectivity index (χ1n) is 4.05. The van der Waals surface area contributed by atoms with Gasteiger partial charge in [-0.3, -0.25) is 0 Å². The number of nitrogens with one attached hydrogen (secondary N) is 3. The van der Waals surface area contributed by atoms with Crippen molar-refractivity contribution in [2.75, 3.05) is 13.7 Å². The van der Waals surface area contributed by atoms with Crippen LogP contribution in [0.2, 0.25) is 0 Å². The molecular formula is C6H15N3O2S. The van der Waals surface area contributed by atoms with E-state index in [0.29, 0.717) is 0 Å². The van der Waals surface area contributed by atoms with E-state index in [9.17, 15) is 8.42 Å². The van der Waals surface area contributed by atoms with Crippen LogP contribution < -0.4 is 14.8 Å². The lowest BCUT2D eigenvalue weighted by Crippen LogP contribution is -2.47. The molecule has 1 aliphatic carbocycles. The Balaban J connectivity index is 2.27. The topological polar surface area (TPSA) is 70.2 Å². The fourth-order valence-electron chi connectivity index (χ4n) is 0.954. The number of hydrogen-bond acceptors (Lipinski definition) is 3. The molecule has 0 heterocycles. The van der Waals surface area contributed by atoms with E-state index in [1.54, 1.807) is 7.05 Å². The van der Waals surface area contributed by atoms with E-state index >= 15 is 0 Å². The third-order valence-corrected chi connectivity index (χ3v) is 3.03. The van der Waals surface area contributed by atoms with Gasteiger partial charge in [0.15, 0.2) is 0 Å². The normalized spacial score (nSPS) is 19.1. The largest absolute Gasteiger partial charge is 0.307 e. The first-order valence-corrected chi connectivity index (χ1v) is 5.54. The van der Waals surface area contributed by atoms with Gasteiger partial charge in [0.1, 0.15) is 0 Å². The summed E-state index contributed by atoms with van der Waals surface area (Å²) in [5.74, 6) is 0. The van der Waals surface area contributed by atoms with Gasteiger partial charge in [0.25, 0.3) is 10.2 Å². The Morgan fingerprint density at radius 2 is 2.08 bits per heavy atom. The fourth-order valence-corrected chi connectivity index (χ4v) is 2.05. The molecule has 0 bridgehead atoms. The molecule has 0 aliphatic heterocycles. The lowest BCUT2D eigenvalue weighted by atomic mass is 9.94. The third kappa shape index (κ3) is 3.06. The zero-order valence-electron chi connectivity index (χ0n) is 7.13. The van der Waals surface area contributed by atoms with Gasteiger partial charge in [-0.05, 0) is 19.9 Å². The second-order valence-corrected chi connectivity index (χ2v) is 4.46. The zero-order valence-corrected chi connectivity index (χ0v) is 7.95. The van der Waals surface area contributed by atoms with Gasteiger partial charge in [0.2, 0.25) is 0 Å². The monoisotopic (exact) mass is 193 g/mol. The SMILES string of the molecule is CNCNS(=O)(=O)NC1CCC1. The maximum absolute atomic E-state index is 11.1. The molecular weight excluding hydrogens is 178 g/mol. The molecule has 0 aromatic heterocycles. The van der Waals surface area contributed by atoms with Gasteiger partial charge in [-0.25, -0.2) is 0 Å². The highest BCUT2D eigenvalue weighted by atomic mass is 32.2. The molecule has 0 atom stereocenters. The summed E-state index contributed by atoms with van der Waals surface area (Å²) >= 11 is 0. The molecule has 6 heteroatoms. The summed E-state index contributed by atoms with van der Waals surface area (Å²) in [7, 11) is -1.58. The summed E-state index contributed by atoms with van der Waals surface area (Å²) in [6, 6.07) is 0.152. The van der Waals surface area contributed by atoms with Crippen LogP contribution in [-0.4, -0.2) is 28.2 Å². The van der Waals surface area contributed by atoms with Crippen LogP contribution in [0.3, 0.4) is 0 Å². The molecule has 0 saturated heterocycles. The molecule has 1 saturated carbocycles. The van der Waals surface area contributed by atoms with Crippen LogP contribution in [0.15, 0.2) is 0 Å². The van der Waals surface area contributed by atoms with Gasteiger partial charge in [-0.2, -0.15) is 17.9 Å². The Bertz CT molecular complexity index is 223. The summed E-state index contributed by atoms with van der Waals surface area (Å²) < 4.78 is 27.2. The molecule has 0 unspecified atom stereocenters. The van der Waals surface area contributed by atoms with Gasteiger partial charge in [0.05, 0.1) is 6.67 Å². The zero-order chi connectivity index (χ0) is 9.03. The van der Waals surface area contributed by atoms with Crippen LogP contribution in [0.5, 0.6) is 0 Å². The number of rotatable bonds is 5. The highest BCUT2D eigenvalue weighted by Crippen LogP contribution is 2.18. The van der Waals surface area contributed by atoms with Crippen LogP contribution in [0.4, 0.5) is 0 Å². The van der Waals surface area contributed by atoms with Gasteiger partial charge in [-0.15, -0.1) is 0 Å². The molecule has 0 radical (unpaired) electrons. The second-order valence-electron chi connectivity index (χ2n) is 2.92. The standard InChI is InChI=1S/C6H15N3O2S/c1-7-5-8-12(10,11)9-6-3-2-4-6/h6-9H,2-5H2,1H3. The Morgan fingerprint density at radius 1 is 1.42 bits per heavy atom. The quantitative estimate of drug-likeness (QED) is 0.498. The number of hydrogen-bond donors (Lipinski definition) is 3. The maximum atomic E-state index is 11.1. The minimum absolute atomic E-state index is 0.152. The average molecular weight is 193 g/mol. The lowest BCUT2D eigenvalue weighted by molar-refractivity contribution is 0.381. The van der Waals surface area contributed by atoms with Crippen molar-refractivity contribution in [3.05, 3.63) is 0 Å². The van der Waals surface area contributed by atoms with Crippen LogP contribution >= 0.6 is 0 Å². The van der Waals surface area contributed by atoms with E-state index in [-0.39, 0.29) is 12.7 Å². The molecule has 72 valence electrons. The van der Waals surface area contributed by atoms with Crippen molar-refractivity contribution in [2.24, 2.45) is 0 Å². The van der Waals surface area contributed by atoms with Gasteiger partial charge in [-0.1, -0.05) is 6.42 Å². The maximum Gasteiger partial charge on any atom is 0.278 e. The van der Waals surface area contributed by atoms with E-state index in [2.05, 4.69) is 14.8 Å². The van der Waals surface area contributed by atoms with Crippen LogP contribution in [-0.2, 0) is 10.2 Å². The molecule has 3 N–H and O–H groups in total. The highest BCUT2D eigenvalue weighted by Gasteiger charge is 2.22. The van der Waals surface area contributed by atoms with E-state index in [1.165, 1.54) is 0 Å². The Labute approximate surface area is 73.1 Å². The van der Waals surface area contributed by atoms with Crippen molar-refractivity contribution >= 4 is 10.2 Å². The fraction of sp³-hybridized carbons (Fsp3) is 1.00. The highest BCUT2D eigenvalue weighted by molar-refractivity contribution is 7.87. The Morgan fingerprint density at radius 3 is 2.50 bits per heavy atom. The third-order valence-electron chi connectivity index (χ3n) is 1.87. The summed E-state index contributed by atoms with van der Waals surface area (Å²) in [5, 5.41) is 2.70. The first kappa shape index (κ1) is 9.91. The first-order chi connectivity index (χ1) is 5.64. The van der Waals surface area contributed by atoms with E-state index in [1.807, 2.05) is 0 Å². The van der Waals surface area contributed by atoms with Crippen molar-refractivity contribution in [3.8, 4) is 0 Å². The second kappa shape index (κ2) is 4.18. The predicted molar refractivity (Wildman–Crippen MR) is 46.8 cm³/mol. The molecule has 12 heavy (non-hydrogen) atoms. The molecule has 1 aliphatic rings. The van der Waals surface area contributed by atoms with Gasteiger partial charge in [0, 0.05) is 6.04 Å². The Kier molecular flexibility index (Phi) is 3.45. The average Bonchev–Trinajstić information content (AvgIpc) is 1.94. The molecule has 1 fully saturated rings. The summed E-state index contributed by atoms with van der Waals surface area (Å²) in [4.78, 5) is 0. The summed E-state index contributed by atoms with van der Waals surface area (Å²) in [6.07, 6.45) is 3.04. The Hall–Kier alpha value is -0.170. The molecule has 0 amide bonds. The molecule has 0 aromatic rings. The van der Waals surface area contributed by atoms with Crippen LogP contribution in [0.1, 0.15) is 19.3 Å². The predicted octanol–water partition coefficient (Wildman–Crippen LogP) is -0.860. The van der Waals surface area contributed by atoms with Crippen molar-refractivity contribution in [2.45, 2.75) is 25.3 Å². The van der Waals surface area contributed by atoms with Gasteiger partial charge < -0.3 is 5.32 Å². The molecule has 0 spiro atoms.